The van der Waals surface area contributed by atoms with Crippen LogP contribution in [-0.2, 0) is 13.0 Å². The molecule has 18 heavy (non-hydrogen) atoms. The van der Waals surface area contributed by atoms with E-state index < -0.39 is 0 Å². The Hall–Kier alpha value is -0.580. The number of hydrogen-bond donors (Lipinski definition) is 2. The lowest BCUT2D eigenvalue weighted by Gasteiger charge is -2.20. The van der Waals surface area contributed by atoms with Crippen molar-refractivity contribution in [2.75, 3.05) is 13.2 Å². The Morgan fingerprint density at radius 2 is 2.22 bits per heavy atom. The highest BCUT2D eigenvalue weighted by Crippen LogP contribution is 2.32. The van der Waals surface area contributed by atoms with Crippen LogP contribution in [0.25, 0.3) is 0 Å². The van der Waals surface area contributed by atoms with Crippen LogP contribution in [0.1, 0.15) is 25.0 Å². The van der Waals surface area contributed by atoms with Crippen molar-refractivity contribution in [3.63, 3.8) is 0 Å². The Labute approximate surface area is 117 Å². The quantitative estimate of drug-likeness (QED) is 0.877. The second kappa shape index (κ2) is 6.04. The molecule has 2 unspecified atom stereocenters. The van der Waals surface area contributed by atoms with Crippen molar-refractivity contribution in [1.29, 1.82) is 0 Å². The third-order valence-corrected chi connectivity index (χ3v) is 4.04. The number of rotatable bonds is 5. The van der Waals surface area contributed by atoms with E-state index >= 15 is 0 Å². The van der Waals surface area contributed by atoms with E-state index in [9.17, 15) is 0 Å². The predicted octanol–water partition coefficient (Wildman–Crippen LogP) is 2.49. The second-order valence-electron chi connectivity index (χ2n) is 4.98. The molecule has 0 fully saturated rings. The van der Waals surface area contributed by atoms with Gasteiger partial charge in [-0.2, -0.15) is 0 Å². The maximum absolute atomic E-state index is 9.13. The van der Waals surface area contributed by atoms with Crippen LogP contribution in [0, 0.1) is 5.92 Å². The van der Waals surface area contributed by atoms with Gasteiger partial charge >= 0.3 is 0 Å². The number of ether oxygens (including phenoxy) is 1. The molecule has 1 aromatic rings. The van der Waals surface area contributed by atoms with Crippen molar-refractivity contribution >= 4 is 15.9 Å². The number of aliphatic hydroxyl groups is 1. The van der Waals surface area contributed by atoms with Crippen LogP contribution in [-0.4, -0.2) is 24.4 Å². The van der Waals surface area contributed by atoms with Crippen LogP contribution in [0.2, 0.25) is 0 Å². The molecule has 1 heterocycles. The first-order chi connectivity index (χ1) is 8.61. The van der Waals surface area contributed by atoms with Gasteiger partial charge in [-0.3, -0.25) is 0 Å². The van der Waals surface area contributed by atoms with Gasteiger partial charge in [0.15, 0.2) is 0 Å². The van der Waals surface area contributed by atoms with Gasteiger partial charge in [-0.25, -0.2) is 0 Å². The molecule has 0 bridgehead atoms. The highest BCUT2D eigenvalue weighted by molar-refractivity contribution is 9.10. The zero-order valence-corrected chi connectivity index (χ0v) is 12.5. The number of nitrogens with one attached hydrogen (secondary N) is 1. The van der Waals surface area contributed by atoms with E-state index in [0.29, 0.717) is 0 Å². The minimum Gasteiger partial charge on any atom is -0.493 e. The number of fused-ring (bicyclic) bond motifs is 1. The highest BCUT2D eigenvalue weighted by Gasteiger charge is 2.18. The van der Waals surface area contributed by atoms with E-state index in [0.717, 1.165) is 29.8 Å². The van der Waals surface area contributed by atoms with Gasteiger partial charge in [0, 0.05) is 35.7 Å². The maximum Gasteiger partial charge on any atom is 0.127 e. The smallest absolute Gasteiger partial charge is 0.127 e. The third kappa shape index (κ3) is 3.05. The summed E-state index contributed by atoms with van der Waals surface area (Å²) in [5.74, 6) is 1.29. The molecular formula is C14H20BrNO2. The average molecular weight is 314 g/mol. The van der Waals surface area contributed by atoms with Gasteiger partial charge in [-0.05, 0) is 30.5 Å². The molecule has 4 heteroatoms. The summed E-state index contributed by atoms with van der Waals surface area (Å²) < 4.78 is 6.80. The van der Waals surface area contributed by atoms with E-state index in [1.807, 2.05) is 6.92 Å². The lowest BCUT2D eigenvalue weighted by atomic mass is 10.0. The summed E-state index contributed by atoms with van der Waals surface area (Å²) in [6.45, 7) is 5.90. The van der Waals surface area contributed by atoms with Crippen molar-refractivity contribution < 1.29 is 9.84 Å². The van der Waals surface area contributed by atoms with E-state index in [1.165, 1.54) is 11.1 Å². The Kier molecular flexibility index (Phi) is 4.65. The summed E-state index contributed by atoms with van der Waals surface area (Å²) in [6.07, 6.45) is 0.990. The molecule has 1 aromatic carbocycles. The Morgan fingerprint density at radius 1 is 1.44 bits per heavy atom. The molecule has 2 rings (SSSR count). The molecule has 0 radical (unpaired) electrons. The van der Waals surface area contributed by atoms with Gasteiger partial charge in [-0.15, -0.1) is 0 Å². The van der Waals surface area contributed by atoms with Crippen LogP contribution < -0.4 is 10.1 Å². The van der Waals surface area contributed by atoms with Crippen molar-refractivity contribution in [3.05, 3.63) is 27.7 Å². The van der Waals surface area contributed by atoms with E-state index in [2.05, 4.69) is 40.3 Å². The fourth-order valence-electron chi connectivity index (χ4n) is 2.11. The van der Waals surface area contributed by atoms with Crippen molar-refractivity contribution in [2.45, 2.75) is 32.9 Å². The second-order valence-corrected chi connectivity index (χ2v) is 5.90. The monoisotopic (exact) mass is 313 g/mol. The zero-order chi connectivity index (χ0) is 13.1. The fourth-order valence-corrected chi connectivity index (χ4v) is 2.66. The standard InChI is InChI=1S/C14H20BrNO2/c1-9(8-17)10(2)16-7-12-6-13(15)5-11-3-4-18-14(11)12/h5-6,9-10,16-17H,3-4,7-8H2,1-2H3. The Morgan fingerprint density at radius 3 is 2.94 bits per heavy atom. The van der Waals surface area contributed by atoms with E-state index in [-0.39, 0.29) is 18.6 Å². The molecule has 100 valence electrons. The first-order valence-corrected chi connectivity index (χ1v) is 7.19. The molecule has 3 nitrogen and oxygen atoms in total. The largest absolute Gasteiger partial charge is 0.493 e. The van der Waals surface area contributed by atoms with Gasteiger partial charge in [-0.1, -0.05) is 22.9 Å². The lowest BCUT2D eigenvalue weighted by Crippen LogP contribution is -2.33. The molecular weight excluding hydrogens is 294 g/mol. The summed E-state index contributed by atoms with van der Waals surface area (Å²) in [5, 5.41) is 12.6. The molecule has 2 atom stereocenters. The third-order valence-electron chi connectivity index (χ3n) is 3.58. The fraction of sp³-hybridized carbons (Fsp3) is 0.571. The number of benzene rings is 1. The van der Waals surface area contributed by atoms with E-state index in [4.69, 9.17) is 9.84 Å². The van der Waals surface area contributed by atoms with Crippen LogP contribution in [0.15, 0.2) is 16.6 Å². The predicted molar refractivity (Wildman–Crippen MR) is 75.9 cm³/mol. The first-order valence-electron chi connectivity index (χ1n) is 6.40. The number of halogens is 1. The lowest BCUT2D eigenvalue weighted by molar-refractivity contribution is 0.206. The molecule has 0 saturated carbocycles. The number of hydrogen-bond acceptors (Lipinski definition) is 3. The summed E-state index contributed by atoms with van der Waals surface area (Å²) in [6, 6.07) is 4.52. The highest BCUT2D eigenvalue weighted by atomic mass is 79.9. The first kappa shape index (κ1) is 13.8. The summed E-state index contributed by atoms with van der Waals surface area (Å²) in [7, 11) is 0. The molecule has 0 spiro atoms. The van der Waals surface area contributed by atoms with Crippen molar-refractivity contribution in [2.24, 2.45) is 5.92 Å². The minimum atomic E-state index is 0.210. The zero-order valence-electron chi connectivity index (χ0n) is 10.9. The Balaban J connectivity index is 2.06. The number of aliphatic hydroxyl groups excluding tert-OH is 1. The summed E-state index contributed by atoms with van der Waals surface area (Å²) in [5.41, 5.74) is 2.47. The van der Waals surface area contributed by atoms with Crippen LogP contribution in [0.5, 0.6) is 5.75 Å². The molecule has 1 aliphatic heterocycles. The SMILES string of the molecule is CC(CO)C(C)NCc1cc(Br)cc2c1OCC2. The summed E-state index contributed by atoms with van der Waals surface area (Å²) in [4.78, 5) is 0. The molecule has 0 aromatic heterocycles. The van der Waals surface area contributed by atoms with Crippen LogP contribution >= 0.6 is 15.9 Å². The molecule has 1 aliphatic rings. The van der Waals surface area contributed by atoms with Crippen molar-refractivity contribution in [1.82, 2.24) is 5.32 Å². The summed E-state index contributed by atoms with van der Waals surface area (Å²) >= 11 is 3.54. The molecule has 0 saturated heterocycles. The van der Waals surface area contributed by atoms with Crippen LogP contribution in [0.4, 0.5) is 0 Å². The van der Waals surface area contributed by atoms with Gasteiger partial charge in [0.2, 0.25) is 0 Å². The Bertz CT molecular complexity index is 423. The molecule has 0 amide bonds. The average Bonchev–Trinajstić information content (AvgIpc) is 2.82. The van der Waals surface area contributed by atoms with Gasteiger partial charge in [0.1, 0.15) is 5.75 Å². The van der Waals surface area contributed by atoms with Gasteiger partial charge in [0.05, 0.1) is 6.61 Å². The maximum atomic E-state index is 9.13. The van der Waals surface area contributed by atoms with E-state index in [1.54, 1.807) is 0 Å². The van der Waals surface area contributed by atoms with Gasteiger partial charge in [0.25, 0.3) is 0 Å². The van der Waals surface area contributed by atoms with Crippen LogP contribution in [0.3, 0.4) is 0 Å². The minimum absolute atomic E-state index is 0.210. The topological polar surface area (TPSA) is 41.5 Å². The normalized spacial score (nSPS) is 17.1. The molecule has 0 aliphatic carbocycles. The van der Waals surface area contributed by atoms with Crippen molar-refractivity contribution in [3.8, 4) is 5.75 Å². The van der Waals surface area contributed by atoms with Gasteiger partial charge < -0.3 is 15.2 Å². The molecule has 2 N–H and O–H groups in total.